The van der Waals surface area contributed by atoms with Crippen molar-refractivity contribution in [1.29, 1.82) is 0 Å². The van der Waals surface area contributed by atoms with Crippen LogP contribution < -0.4 is 0 Å². The monoisotopic (exact) mass is 233 g/mol. The van der Waals surface area contributed by atoms with Gasteiger partial charge >= 0.3 is 5.97 Å². The average molecular weight is 233 g/mol. The molecule has 1 fully saturated rings. The van der Waals surface area contributed by atoms with Gasteiger partial charge in [0.05, 0.1) is 10.8 Å². The first-order chi connectivity index (χ1) is 7.06. The summed E-state index contributed by atoms with van der Waals surface area (Å²) in [7, 11) is -1.28. The van der Waals surface area contributed by atoms with Crippen molar-refractivity contribution in [2.24, 2.45) is 5.92 Å². The summed E-state index contributed by atoms with van der Waals surface area (Å²) >= 11 is 0. The molecule has 88 valence electrons. The lowest BCUT2D eigenvalue weighted by molar-refractivity contribution is -0.140. The molecule has 0 aromatic rings. The molecule has 1 aliphatic heterocycles. The Hall–Kier alpha value is -0.420. The summed E-state index contributed by atoms with van der Waals surface area (Å²) in [4.78, 5) is 12.9. The van der Waals surface area contributed by atoms with Gasteiger partial charge < -0.3 is 5.11 Å². The third-order valence-corrected chi connectivity index (χ3v) is 4.46. The lowest BCUT2D eigenvalue weighted by Gasteiger charge is -2.33. The van der Waals surface area contributed by atoms with Crippen molar-refractivity contribution in [3.8, 4) is 0 Å². The molecule has 0 aromatic heterocycles. The summed E-state index contributed by atoms with van der Waals surface area (Å²) in [6.07, 6.45) is 2.01. The predicted molar refractivity (Wildman–Crippen MR) is 60.1 cm³/mol. The zero-order chi connectivity index (χ0) is 11.4. The second-order valence-electron chi connectivity index (χ2n) is 4.08. The van der Waals surface area contributed by atoms with Crippen LogP contribution in [-0.2, 0) is 15.6 Å². The summed E-state index contributed by atoms with van der Waals surface area (Å²) in [5.41, 5.74) is 0. The Morgan fingerprint density at radius 2 is 2.07 bits per heavy atom. The van der Waals surface area contributed by atoms with Crippen LogP contribution in [0.25, 0.3) is 0 Å². The highest BCUT2D eigenvalue weighted by molar-refractivity contribution is 7.86. The van der Waals surface area contributed by atoms with Gasteiger partial charge in [-0.3, -0.25) is 9.11 Å². The van der Waals surface area contributed by atoms with Crippen LogP contribution in [0.2, 0.25) is 0 Å². The molecule has 0 radical (unpaired) electrons. The van der Waals surface area contributed by atoms with E-state index in [4.69, 9.17) is 5.11 Å². The van der Waals surface area contributed by atoms with Crippen LogP contribution in [0, 0.1) is 5.92 Å². The fraction of sp³-hybridized carbons (Fsp3) is 0.900. The largest absolute Gasteiger partial charge is 0.479 e. The molecular weight excluding hydrogens is 214 g/mol. The molecule has 2 atom stereocenters. The molecule has 4 nitrogen and oxygen atoms in total. The second-order valence-corrected chi connectivity index (χ2v) is 5.86. The molecule has 0 aromatic carbocycles. The molecule has 0 unspecified atom stereocenters. The first kappa shape index (κ1) is 12.6. The summed E-state index contributed by atoms with van der Waals surface area (Å²) in [5.74, 6) is 0.110. The number of carboxylic acids is 1. The van der Waals surface area contributed by atoms with Crippen molar-refractivity contribution in [3.05, 3.63) is 0 Å². The van der Waals surface area contributed by atoms with Crippen molar-refractivity contribution in [2.75, 3.05) is 18.8 Å². The van der Waals surface area contributed by atoms with Crippen molar-refractivity contribution < 1.29 is 14.1 Å². The van der Waals surface area contributed by atoms with E-state index in [1.165, 1.54) is 0 Å². The third-order valence-electron chi connectivity index (χ3n) is 2.89. The van der Waals surface area contributed by atoms with E-state index in [0.717, 1.165) is 25.9 Å². The molecule has 0 aliphatic carbocycles. The topological polar surface area (TPSA) is 57.6 Å². The summed E-state index contributed by atoms with van der Waals surface area (Å²) in [6.45, 7) is 5.44. The smallest absolute Gasteiger partial charge is 0.334 e. The van der Waals surface area contributed by atoms with Crippen LogP contribution in [0.1, 0.15) is 26.7 Å². The molecule has 1 aliphatic rings. The van der Waals surface area contributed by atoms with Gasteiger partial charge in [-0.15, -0.1) is 0 Å². The van der Waals surface area contributed by atoms with Crippen LogP contribution >= 0.6 is 0 Å². The van der Waals surface area contributed by atoms with E-state index < -0.39 is 22.1 Å². The fourth-order valence-corrected chi connectivity index (χ4v) is 2.94. The number of carboxylic acid groups (broad SMARTS) is 1. The van der Waals surface area contributed by atoms with Crippen molar-refractivity contribution in [2.45, 2.75) is 32.1 Å². The number of hydrogen-bond acceptors (Lipinski definition) is 3. The zero-order valence-electron chi connectivity index (χ0n) is 9.31. The number of likely N-dealkylation sites (tertiary alicyclic amines) is 1. The molecule has 0 saturated carbocycles. The first-order valence-electron chi connectivity index (χ1n) is 5.40. The average Bonchev–Trinajstić information content (AvgIpc) is 2.20. The van der Waals surface area contributed by atoms with E-state index in [0.29, 0.717) is 11.7 Å². The number of hydrogen-bond donors (Lipinski definition) is 1. The molecule has 1 rings (SSSR count). The van der Waals surface area contributed by atoms with Crippen LogP contribution in [0.4, 0.5) is 0 Å². The van der Waals surface area contributed by atoms with Gasteiger partial charge in [-0.05, 0) is 18.8 Å². The molecule has 0 bridgehead atoms. The van der Waals surface area contributed by atoms with Gasteiger partial charge in [-0.2, -0.15) is 0 Å². The van der Waals surface area contributed by atoms with Gasteiger partial charge in [0.25, 0.3) is 0 Å². The minimum atomic E-state index is -1.28. The van der Waals surface area contributed by atoms with Gasteiger partial charge in [0.1, 0.15) is 0 Å². The predicted octanol–water partition coefficient (Wildman–Crippen LogP) is 0.898. The summed E-state index contributed by atoms with van der Waals surface area (Å²) < 4.78 is 11.6. The van der Waals surface area contributed by atoms with Gasteiger partial charge in [0.15, 0.2) is 5.37 Å². The molecule has 0 amide bonds. The summed E-state index contributed by atoms with van der Waals surface area (Å²) in [5, 5.41) is 8.25. The number of rotatable bonds is 4. The second kappa shape index (κ2) is 5.61. The highest BCUT2D eigenvalue weighted by atomic mass is 32.2. The number of aliphatic carboxylic acids is 1. The normalized spacial score (nSPS) is 23.6. The highest BCUT2D eigenvalue weighted by Gasteiger charge is 2.32. The lowest BCUT2D eigenvalue weighted by atomic mass is 9.99. The van der Waals surface area contributed by atoms with Gasteiger partial charge in [-0.1, -0.05) is 13.8 Å². The van der Waals surface area contributed by atoms with E-state index in [1.807, 2.05) is 4.90 Å². The number of nitrogens with zero attached hydrogens (tertiary/aromatic N) is 1. The van der Waals surface area contributed by atoms with Gasteiger partial charge in [-0.25, -0.2) is 4.79 Å². The van der Waals surface area contributed by atoms with Crippen molar-refractivity contribution in [3.63, 3.8) is 0 Å². The molecule has 15 heavy (non-hydrogen) atoms. The van der Waals surface area contributed by atoms with Crippen LogP contribution in [0.15, 0.2) is 0 Å². The van der Waals surface area contributed by atoms with E-state index in [1.54, 1.807) is 6.92 Å². The molecule has 5 heteroatoms. The minimum absolute atomic E-state index is 0.406. The van der Waals surface area contributed by atoms with Crippen molar-refractivity contribution >= 4 is 16.8 Å². The third kappa shape index (κ3) is 3.28. The Kier molecular flexibility index (Phi) is 4.73. The van der Waals surface area contributed by atoms with Crippen LogP contribution in [0.3, 0.4) is 0 Å². The molecular formula is C10H19NO3S. The maximum atomic E-state index is 11.6. The zero-order valence-corrected chi connectivity index (χ0v) is 10.1. The standard InChI is InChI=1S/C10H19NO3S/c1-3-15(14)9(10(12)13)11-6-4-8(2)5-7-11/h8-9H,3-7H2,1-2H3,(H,12,13)/t9-,15-/m1/s1. The minimum Gasteiger partial charge on any atom is -0.479 e. The Bertz CT molecular complexity index is 249. The van der Waals surface area contributed by atoms with Crippen molar-refractivity contribution in [1.82, 2.24) is 4.90 Å². The highest BCUT2D eigenvalue weighted by Crippen LogP contribution is 2.19. The first-order valence-corrected chi connectivity index (χ1v) is 6.78. The number of carbonyl (C=O) groups is 1. The Labute approximate surface area is 93.1 Å². The van der Waals surface area contributed by atoms with E-state index in [9.17, 15) is 9.00 Å². The molecule has 1 saturated heterocycles. The Morgan fingerprint density at radius 1 is 1.53 bits per heavy atom. The van der Waals surface area contributed by atoms with Gasteiger partial charge in [0.2, 0.25) is 0 Å². The SMILES string of the molecule is CC[S@@](=O)[C@H](C(=O)O)N1CCC(C)CC1. The molecule has 1 N–H and O–H groups in total. The van der Waals surface area contributed by atoms with Crippen LogP contribution in [-0.4, -0.2) is 44.4 Å². The Morgan fingerprint density at radius 3 is 2.47 bits per heavy atom. The fourth-order valence-electron chi connectivity index (χ4n) is 1.86. The maximum Gasteiger partial charge on any atom is 0.334 e. The quantitative estimate of drug-likeness (QED) is 0.783. The van der Waals surface area contributed by atoms with E-state index in [-0.39, 0.29) is 0 Å². The number of piperidine rings is 1. The molecule has 1 heterocycles. The molecule has 0 spiro atoms. The Balaban J connectivity index is 2.64. The van der Waals surface area contributed by atoms with E-state index >= 15 is 0 Å². The van der Waals surface area contributed by atoms with Crippen LogP contribution in [0.5, 0.6) is 0 Å². The maximum absolute atomic E-state index is 11.6. The lowest BCUT2D eigenvalue weighted by Crippen LogP contribution is -2.48. The van der Waals surface area contributed by atoms with Gasteiger partial charge in [0, 0.05) is 18.8 Å². The summed E-state index contributed by atoms with van der Waals surface area (Å²) in [6, 6.07) is 0. The van der Waals surface area contributed by atoms with E-state index in [2.05, 4.69) is 6.92 Å².